The molecule has 2 aromatic heterocycles. The van der Waals surface area contributed by atoms with Crippen LogP contribution in [0.2, 0.25) is 0 Å². The van der Waals surface area contributed by atoms with Crippen molar-refractivity contribution in [1.82, 2.24) is 14.5 Å². The summed E-state index contributed by atoms with van der Waals surface area (Å²) >= 11 is 0. The molecule has 39 heavy (non-hydrogen) atoms. The third-order valence-corrected chi connectivity index (χ3v) is 6.37. The van der Waals surface area contributed by atoms with E-state index in [1.54, 1.807) is 42.5 Å². The molecule has 10 heteroatoms. The molecule has 5 rings (SSSR count). The van der Waals surface area contributed by atoms with Crippen LogP contribution >= 0.6 is 0 Å². The van der Waals surface area contributed by atoms with Gasteiger partial charge in [-0.05, 0) is 64.6 Å². The fourth-order valence-corrected chi connectivity index (χ4v) is 4.33. The van der Waals surface area contributed by atoms with Crippen LogP contribution in [0.4, 0.5) is 10.3 Å². The summed E-state index contributed by atoms with van der Waals surface area (Å²) in [4.78, 5) is 19.7. The maximum Gasteiger partial charge on any atom is 0.320 e. The number of nitrogens with two attached hydrogens (primary N) is 2. The van der Waals surface area contributed by atoms with E-state index in [0.717, 1.165) is 27.8 Å². The first-order chi connectivity index (χ1) is 18.8. The molecule has 0 fully saturated rings. The number of carboxylic acids is 1. The summed E-state index contributed by atoms with van der Waals surface area (Å²) < 4.78 is 22.1. The van der Waals surface area contributed by atoms with Crippen molar-refractivity contribution < 1.29 is 24.1 Å². The van der Waals surface area contributed by atoms with Gasteiger partial charge < -0.3 is 31.0 Å². The van der Waals surface area contributed by atoms with Gasteiger partial charge in [0.2, 0.25) is 11.8 Å². The topological polar surface area (TPSA) is 150 Å². The predicted molar refractivity (Wildman–Crippen MR) is 145 cm³/mol. The molecule has 0 saturated carbocycles. The van der Waals surface area contributed by atoms with Crippen molar-refractivity contribution in [3.63, 3.8) is 0 Å². The van der Waals surface area contributed by atoms with Crippen molar-refractivity contribution in [2.75, 3.05) is 5.73 Å². The second-order valence-electron chi connectivity index (χ2n) is 9.12. The van der Waals surface area contributed by atoms with Gasteiger partial charge in [0.25, 0.3) is 0 Å². The zero-order valence-corrected chi connectivity index (χ0v) is 20.8. The van der Waals surface area contributed by atoms with E-state index < -0.39 is 12.0 Å². The Morgan fingerprint density at radius 2 is 1.72 bits per heavy atom. The third kappa shape index (κ3) is 5.71. The molecule has 1 unspecified atom stereocenters. The number of benzene rings is 3. The van der Waals surface area contributed by atoms with E-state index in [1.165, 1.54) is 12.1 Å². The molecule has 198 valence electrons. The summed E-state index contributed by atoms with van der Waals surface area (Å²) in [7, 11) is 0. The number of nitrogen functional groups attached to an aromatic ring is 1. The Hall–Kier alpha value is -4.80. The standard InChI is InChI=1S/C29H26FN5O4/c30-21-8-7-20(24(14-21)19-5-1-18(16-36)2-6-19)15-35-12-11-23-26(35)33-29(32)34-27(23)39-22-9-3-17(4-10-22)13-25(31)28(37)38/h1-12,14,25,36H,13,15-16,31H2,(H,37,38)(H2,32,33,34). The molecule has 1 atom stereocenters. The number of carboxylic acid groups (broad SMARTS) is 1. The van der Waals surface area contributed by atoms with E-state index in [4.69, 9.17) is 21.3 Å². The molecule has 6 N–H and O–H groups in total. The quantitative estimate of drug-likeness (QED) is 0.224. The highest BCUT2D eigenvalue weighted by Gasteiger charge is 2.16. The Labute approximate surface area is 223 Å². The van der Waals surface area contributed by atoms with E-state index in [0.29, 0.717) is 23.3 Å². The van der Waals surface area contributed by atoms with E-state index in [1.807, 2.05) is 29.0 Å². The number of rotatable bonds is 9. The van der Waals surface area contributed by atoms with Crippen LogP contribution in [-0.4, -0.2) is 36.8 Å². The second kappa shape index (κ2) is 10.9. The minimum Gasteiger partial charge on any atom is -0.480 e. The number of aliphatic carboxylic acids is 1. The Balaban J connectivity index is 1.43. The lowest BCUT2D eigenvalue weighted by Crippen LogP contribution is -2.32. The van der Waals surface area contributed by atoms with Crippen LogP contribution in [0.5, 0.6) is 11.6 Å². The summed E-state index contributed by atoms with van der Waals surface area (Å²) in [6.45, 7) is 0.315. The lowest BCUT2D eigenvalue weighted by molar-refractivity contribution is -0.138. The third-order valence-electron chi connectivity index (χ3n) is 6.37. The van der Waals surface area contributed by atoms with Crippen molar-refractivity contribution in [3.8, 4) is 22.8 Å². The number of fused-ring (bicyclic) bond motifs is 1. The first-order valence-electron chi connectivity index (χ1n) is 12.2. The molecule has 0 radical (unpaired) electrons. The maximum atomic E-state index is 14.2. The number of hydrogen-bond acceptors (Lipinski definition) is 7. The summed E-state index contributed by atoms with van der Waals surface area (Å²) in [5.41, 5.74) is 16.1. The molecule has 0 aliphatic heterocycles. The van der Waals surface area contributed by atoms with Crippen LogP contribution in [0.3, 0.4) is 0 Å². The highest BCUT2D eigenvalue weighted by atomic mass is 19.1. The van der Waals surface area contributed by atoms with Gasteiger partial charge in [-0.25, -0.2) is 4.39 Å². The van der Waals surface area contributed by atoms with Gasteiger partial charge in [-0.1, -0.05) is 42.5 Å². The average molecular weight is 528 g/mol. The highest BCUT2D eigenvalue weighted by molar-refractivity contribution is 5.83. The SMILES string of the molecule is Nc1nc(Oc2ccc(CC(N)C(=O)O)cc2)c2ccn(Cc3ccc(F)cc3-c3ccc(CO)cc3)c2n1. The fraction of sp³-hybridized carbons (Fsp3) is 0.138. The monoisotopic (exact) mass is 527 g/mol. The van der Waals surface area contributed by atoms with E-state index in [-0.39, 0.29) is 30.7 Å². The molecule has 0 spiro atoms. The number of hydrogen-bond donors (Lipinski definition) is 4. The van der Waals surface area contributed by atoms with Gasteiger partial charge in [0, 0.05) is 12.7 Å². The molecule has 0 aliphatic carbocycles. The summed E-state index contributed by atoms with van der Waals surface area (Å²) in [6, 6.07) is 19.7. The van der Waals surface area contributed by atoms with Crippen LogP contribution < -0.4 is 16.2 Å². The molecule has 5 aromatic rings. The molecule has 9 nitrogen and oxygen atoms in total. The van der Waals surface area contributed by atoms with Crippen molar-refractivity contribution in [1.29, 1.82) is 0 Å². The number of aliphatic hydroxyl groups excluding tert-OH is 1. The number of halogens is 1. The van der Waals surface area contributed by atoms with E-state index in [2.05, 4.69) is 9.97 Å². The normalized spacial score (nSPS) is 12.0. The molecule has 0 aliphatic rings. The minimum atomic E-state index is -1.06. The van der Waals surface area contributed by atoms with Gasteiger partial charge in [-0.2, -0.15) is 9.97 Å². The van der Waals surface area contributed by atoms with Gasteiger partial charge >= 0.3 is 5.97 Å². The number of anilines is 1. The molecule has 0 saturated heterocycles. The first-order valence-corrected chi connectivity index (χ1v) is 12.2. The zero-order valence-electron chi connectivity index (χ0n) is 20.8. The molecule has 3 aromatic carbocycles. The maximum absolute atomic E-state index is 14.2. The minimum absolute atomic E-state index is 0.0282. The van der Waals surface area contributed by atoms with Crippen LogP contribution in [0.15, 0.2) is 79.0 Å². The molecular weight excluding hydrogens is 501 g/mol. The lowest BCUT2D eigenvalue weighted by atomic mass is 9.98. The fourth-order valence-electron chi connectivity index (χ4n) is 4.33. The Kier molecular flexibility index (Phi) is 7.22. The van der Waals surface area contributed by atoms with Crippen LogP contribution in [-0.2, 0) is 24.4 Å². The Morgan fingerprint density at radius 1 is 1.00 bits per heavy atom. The van der Waals surface area contributed by atoms with Crippen molar-refractivity contribution >= 4 is 23.0 Å². The number of carbonyl (C=O) groups is 1. The Bertz CT molecular complexity index is 1630. The highest BCUT2D eigenvalue weighted by Crippen LogP contribution is 2.31. The largest absolute Gasteiger partial charge is 0.480 e. The number of aromatic nitrogens is 3. The van der Waals surface area contributed by atoms with Gasteiger partial charge in [0.05, 0.1) is 12.0 Å². The predicted octanol–water partition coefficient (Wildman–Crippen LogP) is 4.11. The van der Waals surface area contributed by atoms with Gasteiger partial charge in [0.1, 0.15) is 23.3 Å². The van der Waals surface area contributed by atoms with Crippen LogP contribution in [0.25, 0.3) is 22.2 Å². The molecular formula is C29H26FN5O4. The molecule has 0 bridgehead atoms. The molecule has 0 amide bonds. The van der Waals surface area contributed by atoms with Gasteiger partial charge in [-0.15, -0.1) is 0 Å². The van der Waals surface area contributed by atoms with Crippen molar-refractivity contribution in [2.45, 2.75) is 25.6 Å². The van der Waals surface area contributed by atoms with E-state index >= 15 is 0 Å². The van der Waals surface area contributed by atoms with E-state index in [9.17, 15) is 14.3 Å². The van der Waals surface area contributed by atoms with Crippen LogP contribution in [0.1, 0.15) is 16.7 Å². The first kappa shape index (κ1) is 25.8. The summed E-state index contributed by atoms with van der Waals surface area (Å²) in [5, 5.41) is 19.0. The lowest BCUT2D eigenvalue weighted by Gasteiger charge is -2.13. The summed E-state index contributed by atoms with van der Waals surface area (Å²) in [5.74, 6) is -0.630. The number of ether oxygens (including phenoxy) is 1. The van der Waals surface area contributed by atoms with Gasteiger partial charge in [-0.3, -0.25) is 4.79 Å². The Morgan fingerprint density at radius 3 is 2.41 bits per heavy atom. The summed E-state index contributed by atoms with van der Waals surface area (Å²) in [6.07, 6.45) is 2.03. The second-order valence-corrected chi connectivity index (χ2v) is 9.12. The average Bonchev–Trinajstić information content (AvgIpc) is 3.33. The van der Waals surface area contributed by atoms with Crippen molar-refractivity contribution in [2.24, 2.45) is 5.73 Å². The van der Waals surface area contributed by atoms with Gasteiger partial charge in [0.15, 0.2) is 0 Å². The van der Waals surface area contributed by atoms with Crippen molar-refractivity contribution in [3.05, 3.63) is 102 Å². The zero-order chi connectivity index (χ0) is 27.5. The van der Waals surface area contributed by atoms with Crippen LogP contribution in [0, 0.1) is 5.82 Å². The molecule has 2 heterocycles. The number of aliphatic hydroxyl groups is 1. The smallest absolute Gasteiger partial charge is 0.320 e. The number of nitrogens with zero attached hydrogens (tertiary/aromatic N) is 3.